The highest BCUT2D eigenvalue weighted by Gasteiger charge is 2.20. The average molecular weight is 242 g/mol. The molecule has 4 nitrogen and oxygen atoms in total. The smallest absolute Gasteiger partial charge is 0.222 e. The highest BCUT2D eigenvalue weighted by molar-refractivity contribution is 5.77. The van der Waals surface area contributed by atoms with E-state index in [-0.39, 0.29) is 11.8 Å². The van der Waals surface area contributed by atoms with Crippen LogP contribution in [0.1, 0.15) is 40.0 Å². The van der Waals surface area contributed by atoms with Crippen molar-refractivity contribution >= 4 is 5.91 Å². The first-order valence-electron chi connectivity index (χ1n) is 6.76. The average Bonchev–Trinajstić information content (AvgIpc) is 2.34. The normalized spacial score (nSPS) is 24.9. The zero-order valence-corrected chi connectivity index (χ0v) is 11.3. The molecule has 4 heteroatoms. The molecule has 0 aromatic carbocycles. The van der Waals surface area contributed by atoms with Crippen LogP contribution < -0.4 is 10.6 Å². The van der Waals surface area contributed by atoms with Crippen LogP contribution in [0.3, 0.4) is 0 Å². The van der Waals surface area contributed by atoms with Crippen LogP contribution in [-0.2, 0) is 9.53 Å². The Morgan fingerprint density at radius 3 is 2.82 bits per heavy atom. The van der Waals surface area contributed by atoms with Crippen LogP contribution in [0, 0.1) is 5.92 Å². The lowest BCUT2D eigenvalue weighted by molar-refractivity contribution is -0.123. The number of ether oxygens (including phenoxy) is 1. The first-order valence-corrected chi connectivity index (χ1v) is 6.76. The second-order valence-corrected chi connectivity index (χ2v) is 5.02. The summed E-state index contributed by atoms with van der Waals surface area (Å²) in [5, 5.41) is 6.40. The van der Waals surface area contributed by atoms with Gasteiger partial charge in [0.15, 0.2) is 0 Å². The molecule has 1 rings (SSSR count). The first-order chi connectivity index (χ1) is 8.13. The largest absolute Gasteiger partial charge is 0.378 e. The van der Waals surface area contributed by atoms with Crippen LogP contribution in [-0.4, -0.2) is 37.7 Å². The minimum absolute atomic E-state index is 0.0718. The summed E-state index contributed by atoms with van der Waals surface area (Å²) in [6.45, 7) is 8.40. The van der Waals surface area contributed by atoms with Gasteiger partial charge in [0.25, 0.3) is 0 Å². The van der Waals surface area contributed by atoms with E-state index < -0.39 is 0 Å². The van der Waals surface area contributed by atoms with Gasteiger partial charge in [-0.1, -0.05) is 20.8 Å². The zero-order chi connectivity index (χ0) is 12.7. The van der Waals surface area contributed by atoms with Crippen LogP contribution in [0.15, 0.2) is 0 Å². The van der Waals surface area contributed by atoms with E-state index in [1.807, 2.05) is 13.8 Å². The fourth-order valence-corrected chi connectivity index (χ4v) is 2.02. The molecule has 1 amide bonds. The molecule has 1 fully saturated rings. The summed E-state index contributed by atoms with van der Waals surface area (Å²) in [6, 6.07) is 0.546. The number of hydrogen-bond donors (Lipinski definition) is 2. The highest BCUT2D eigenvalue weighted by atomic mass is 16.5. The predicted molar refractivity (Wildman–Crippen MR) is 68.9 cm³/mol. The van der Waals surface area contributed by atoms with Gasteiger partial charge in [0.05, 0.1) is 6.10 Å². The van der Waals surface area contributed by atoms with E-state index in [9.17, 15) is 4.79 Å². The van der Waals surface area contributed by atoms with Gasteiger partial charge in [-0.2, -0.15) is 0 Å². The monoisotopic (exact) mass is 242 g/mol. The summed E-state index contributed by atoms with van der Waals surface area (Å²) in [5.41, 5.74) is 0. The van der Waals surface area contributed by atoms with Crippen molar-refractivity contribution in [2.45, 2.75) is 52.2 Å². The second-order valence-electron chi connectivity index (χ2n) is 5.02. The molecule has 1 aliphatic rings. The Morgan fingerprint density at radius 1 is 1.41 bits per heavy atom. The molecule has 0 aliphatic carbocycles. The zero-order valence-electron chi connectivity index (χ0n) is 11.3. The number of carbonyl (C=O) groups excluding carboxylic acids is 1. The number of amides is 1. The third-order valence-electron chi connectivity index (χ3n) is 3.20. The Balaban J connectivity index is 2.08. The van der Waals surface area contributed by atoms with Crippen LogP contribution in [0.2, 0.25) is 0 Å². The van der Waals surface area contributed by atoms with Crippen LogP contribution in [0.25, 0.3) is 0 Å². The molecule has 0 spiro atoms. The van der Waals surface area contributed by atoms with Gasteiger partial charge in [-0.05, 0) is 19.3 Å². The van der Waals surface area contributed by atoms with E-state index in [4.69, 9.17) is 4.74 Å². The summed E-state index contributed by atoms with van der Waals surface area (Å²) < 4.78 is 5.62. The Morgan fingerprint density at radius 2 is 2.18 bits per heavy atom. The van der Waals surface area contributed by atoms with E-state index in [0.717, 1.165) is 32.4 Å². The lowest BCUT2D eigenvalue weighted by Crippen LogP contribution is -2.42. The molecule has 0 saturated carbocycles. The summed E-state index contributed by atoms with van der Waals surface area (Å²) >= 11 is 0. The molecule has 0 bridgehead atoms. The molecule has 100 valence electrons. The van der Waals surface area contributed by atoms with Crippen molar-refractivity contribution < 1.29 is 9.53 Å². The van der Waals surface area contributed by atoms with E-state index in [2.05, 4.69) is 17.6 Å². The Labute approximate surface area is 104 Å². The number of hydrogen-bond acceptors (Lipinski definition) is 3. The van der Waals surface area contributed by atoms with Crippen LogP contribution >= 0.6 is 0 Å². The molecule has 17 heavy (non-hydrogen) atoms. The molecule has 1 saturated heterocycles. The van der Waals surface area contributed by atoms with Crippen molar-refractivity contribution in [2.24, 2.45) is 5.92 Å². The minimum atomic E-state index is 0.0718. The van der Waals surface area contributed by atoms with Gasteiger partial charge in [0.2, 0.25) is 5.91 Å². The third-order valence-corrected chi connectivity index (χ3v) is 3.20. The quantitative estimate of drug-likeness (QED) is 0.690. The predicted octanol–water partition coefficient (Wildman–Crippen LogP) is 1.31. The second kappa shape index (κ2) is 7.67. The van der Waals surface area contributed by atoms with E-state index in [1.54, 1.807) is 0 Å². The lowest BCUT2D eigenvalue weighted by atomic mass is 10.0. The summed E-state index contributed by atoms with van der Waals surface area (Å²) in [6.07, 6.45) is 3.66. The van der Waals surface area contributed by atoms with Gasteiger partial charge in [-0.25, -0.2) is 0 Å². The van der Waals surface area contributed by atoms with Gasteiger partial charge in [0.1, 0.15) is 0 Å². The number of carbonyl (C=O) groups is 1. The molecular formula is C13H26N2O2. The highest BCUT2D eigenvalue weighted by Crippen LogP contribution is 2.15. The van der Waals surface area contributed by atoms with E-state index in [1.165, 1.54) is 0 Å². The summed E-state index contributed by atoms with van der Waals surface area (Å²) in [5.74, 6) is 0.202. The van der Waals surface area contributed by atoms with Crippen LogP contribution in [0.5, 0.6) is 0 Å². The minimum Gasteiger partial charge on any atom is -0.378 e. The van der Waals surface area contributed by atoms with Gasteiger partial charge in [0, 0.05) is 31.7 Å². The van der Waals surface area contributed by atoms with Crippen molar-refractivity contribution in [1.82, 2.24) is 10.6 Å². The molecule has 0 radical (unpaired) electrons. The molecule has 0 aromatic heterocycles. The van der Waals surface area contributed by atoms with Crippen molar-refractivity contribution in [1.29, 1.82) is 0 Å². The van der Waals surface area contributed by atoms with Crippen molar-refractivity contribution in [3.05, 3.63) is 0 Å². The number of rotatable bonds is 6. The fraction of sp³-hybridized carbons (Fsp3) is 0.923. The maximum atomic E-state index is 11.3. The summed E-state index contributed by atoms with van der Waals surface area (Å²) in [4.78, 5) is 11.3. The van der Waals surface area contributed by atoms with Crippen molar-refractivity contribution in [2.75, 3.05) is 19.7 Å². The van der Waals surface area contributed by atoms with Gasteiger partial charge >= 0.3 is 0 Å². The van der Waals surface area contributed by atoms with Gasteiger partial charge < -0.3 is 15.4 Å². The topological polar surface area (TPSA) is 50.4 Å². The van der Waals surface area contributed by atoms with Crippen molar-refractivity contribution in [3.8, 4) is 0 Å². The molecule has 0 aromatic rings. The fourth-order valence-electron chi connectivity index (χ4n) is 2.02. The molecular weight excluding hydrogens is 216 g/mol. The third kappa shape index (κ3) is 5.50. The molecule has 2 atom stereocenters. The lowest BCUT2D eigenvalue weighted by Gasteiger charge is -2.29. The Hall–Kier alpha value is -0.610. The summed E-state index contributed by atoms with van der Waals surface area (Å²) in [7, 11) is 0. The first kappa shape index (κ1) is 14.5. The molecule has 1 heterocycles. The van der Waals surface area contributed by atoms with E-state index in [0.29, 0.717) is 18.7 Å². The van der Waals surface area contributed by atoms with Gasteiger partial charge in [-0.3, -0.25) is 4.79 Å². The molecule has 1 aliphatic heterocycles. The molecule has 2 unspecified atom stereocenters. The maximum Gasteiger partial charge on any atom is 0.222 e. The maximum absolute atomic E-state index is 11.3. The number of nitrogens with one attached hydrogen (secondary N) is 2. The van der Waals surface area contributed by atoms with E-state index >= 15 is 0 Å². The van der Waals surface area contributed by atoms with Crippen LogP contribution in [0.4, 0.5) is 0 Å². The molecule has 2 N–H and O–H groups in total. The van der Waals surface area contributed by atoms with Crippen molar-refractivity contribution in [3.63, 3.8) is 0 Å². The Bertz CT molecular complexity index is 231. The standard InChI is InChI=1S/C13H26N2O2/c1-4-12-9-11(5-8-17-12)14-6-7-15-13(16)10(2)3/h10-12,14H,4-9H2,1-3H3,(H,15,16). The SMILES string of the molecule is CCC1CC(NCCNC(=O)C(C)C)CCO1. The van der Waals surface area contributed by atoms with Gasteiger partial charge in [-0.15, -0.1) is 0 Å². The Kier molecular flexibility index (Phi) is 6.52.